The Balaban J connectivity index is 1.97. The molecule has 0 atom stereocenters. The lowest BCUT2D eigenvalue weighted by Crippen LogP contribution is -2.50. The van der Waals surface area contributed by atoms with Crippen LogP contribution in [0.25, 0.3) is 0 Å². The van der Waals surface area contributed by atoms with Crippen molar-refractivity contribution in [1.82, 2.24) is 9.80 Å². The fraction of sp³-hybridized carbons (Fsp3) is 0.588. The molecule has 1 amide bonds. The lowest BCUT2D eigenvalue weighted by atomic mass is 9.77. The third kappa shape index (κ3) is 5.62. The highest BCUT2D eigenvalue weighted by Crippen LogP contribution is 2.16. The maximum absolute atomic E-state index is 12.1. The molecule has 1 aliphatic heterocycles. The van der Waals surface area contributed by atoms with Gasteiger partial charge in [0, 0.05) is 32.7 Å². The van der Waals surface area contributed by atoms with E-state index in [2.05, 4.69) is 4.90 Å². The van der Waals surface area contributed by atoms with Crippen LogP contribution in [0.1, 0.15) is 26.3 Å². The van der Waals surface area contributed by atoms with Crippen LogP contribution in [0.2, 0.25) is 0 Å². The number of carbonyl (C=O) groups excluding carboxylic acids is 1. The minimum absolute atomic E-state index is 0.292. The normalized spacial score (nSPS) is 15.8. The topological polar surface area (TPSA) is 82.5 Å². The first-order valence-electron chi connectivity index (χ1n) is 8.43. The molecule has 0 bridgehead atoms. The molecule has 0 spiro atoms. The third-order valence-electron chi connectivity index (χ3n) is 4.05. The second kappa shape index (κ2) is 8.08. The monoisotopic (exact) mass is 350 g/mol. The number of rotatable bonds is 4. The van der Waals surface area contributed by atoms with Crippen molar-refractivity contribution in [2.45, 2.75) is 32.9 Å². The largest absolute Gasteiger partial charge is 0.497 e. The average Bonchev–Trinajstić information content (AvgIpc) is 2.53. The molecule has 2 N–H and O–H groups in total. The van der Waals surface area contributed by atoms with Gasteiger partial charge in [-0.15, -0.1) is 0 Å². The summed E-state index contributed by atoms with van der Waals surface area (Å²) in [4.78, 5) is 16.0. The molecule has 0 aromatic heterocycles. The Labute approximate surface area is 149 Å². The molecule has 1 fully saturated rings. The number of piperazine rings is 1. The van der Waals surface area contributed by atoms with Crippen LogP contribution in [0.4, 0.5) is 4.79 Å². The first kappa shape index (κ1) is 19.6. The molecule has 25 heavy (non-hydrogen) atoms. The van der Waals surface area contributed by atoms with Gasteiger partial charge in [-0.2, -0.15) is 0 Å². The smallest absolute Gasteiger partial charge is 0.488 e. The molecule has 7 nitrogen and oxygen atoms in total. The summed E-state index contributed by atoms with van der Waals surface area (Å²) in [7, 11) is 0.0530. The van der Waals surface area contributed by atoms with Crippen LogP contribution in [0, 0.1) is 0 Å². The van der Waals surface area contributed by atoms with Crippen molar-refractivity contribution in [2.24, 2.45) is 0 Å². The number of methoxy groups -OCH3 is 1. The fourth-order valence-electron chi connectivity index (χ4n) is 2.75. The minimum Gasteiger partial charge on any atom is -0.497 e. The van der Waals surface area contributed by atoms with Crippen LogP contribution in [0.15, 0.2) is 18.2 Å². The van der Waals surface area contributed by atoms with E-state index in [0.29, 0.717) is 43.9 Å². The fourth-order valence-corrected chi connectivity index (χ4v) is 2.75. The Kier molecular flexibility index (Phi) is 6.32. The van der Waals surface area contributed by atoms with Crippen molar-refractivity contribution >= 4 is 18.7 Å². The molecular weight excluding hydrogens is 323 g/mol. The zero-order valence-corrected chi connectivity index (χ0v) is 15.4. The van der Waals surface area contributed by atoms with Crippen LogP contribution in [-0.2, 0) is 11.3 Å². The highest BCUT2D eigenvalue weighted by molar-refractivity contribution is 6.59. The molecule has 0 saturated carbocycles. The average molecular weight is 350 g/mol. The van der Waals surface area contributed by atoms with Gasteiger partial charge in [0.1, 0.15) is 11.4 Å². The SMILES string of the molecule is COc1ccc(B(O)O)c(CN2CCN(C(=O)OC(C)(C)C)CC2)c1. The van der Waals surface area contributed by atoms with Gasteiger partial charge in [-0.3, -0.25) is 4.90 Å². The number of hydrogen-bond donors (Lipinski definition) is 2. The zero-order valence-electron chi connectivity index (χ0n) is 15.4. The third-order valence-corrected chi connectivity index (χ3v) is 4.05. The second-order valence-electron chi connectivity index (χ2n) is 7.18. The van der Waals surface area contributed by atoms with E-state index in [9.17, 15) is 14.8 Å². The minimum atomic E-state index is -1.52. The van der Waals surface area contributed by atoms with Crippen LogP contribution >= 0.6 is 0 Å². The molecule has 2 rings (SSSR count). The van der Waals surface area contributed by atoms with Gasteiger partial charge < -0.3 is 24.4 Å². The summed E-state index contributed by atoms with van der Waals surface area (Å²) in [5, 5.41) is 19.1. The number of hydrogen-bond acceptors (Lipinski definition) is 6. The highest BCUT2D eigenvalue weighted by Gasteiger charge is 2.26. The van der Waals surface area contributed by atoms with Gasteiger partial charge >= 0.3 is 13.2 Å². The molecule has 1 aromatic rings. The van der Waals surface area contributed by atoms with Crippen LogP contribution < -0.4 is 10.2 Å². The van der Waals surface area contributed by atoms with Gasteiger partial charge in [0.25, 0.3) is 0 Å². The standard InChI is InChI=1S/C17H27BN2O5/c1-17(2,3)25-16(21)20-9-7-19(8-10-20)12-13-11-14(24-4)5-6-15(13)18(22)23/h5-6,11,22-23H,7-10,12H2,1-4H3. The first-order valence-corrected chi connectivity index (χ1v) is 8.43. The number of nitrogens with zero attached hydrogens (tertiary/aromatic N) is 2. The summed E-state index contributed by atoms with van der Waals surface area (Å²) >= 11 is 0. The lowest BCUT2D eigenvalue weighted by molar-refractivity contribution is 0.0139. The van der Waals surface area contributed by atoms with E-state index < -0.39 is 12.7 Å². The summed E-state index contributed by atoms with van der Waals surface area (Å²) in [5.74, 6) is 0.673. The van der Waals surface area contributed by atoms with Gasteiger partial charge in [-0.1, -0.05) is 6.07 Å². The predicted octanol–water partition coefficient (Wildman–Crippen LogP) is 0.428. The Bertz CT molecular complexity index is 595. The van der Waals surface area contributed by atoms with Crippen molar-refractivity contribution in [3.05, 3.63) is 23.8 Å². The van der Waals surface area contributed by atoms with E-state index in [0.717, 1.165) is 5.56 Å². The van der Waals surface area contributed by atoms with E-state index in [1.165, 1.54) is 0 Å². The Morgan fingerprint density at radius 2 is 1.84 bits per heavy atom. The molecule has 0 unspecified atom stereocenters. The van der Waals surface area contributed by atoms with Crippen molar-refractivity contribution in [3.8, 4) is 5.75 Å². The Morgan fingerprint density at radius 1 is 1.20 bits per heavy atom. The van der Waals surface area contributed by atoms with Crippen molar-refractivity contribution < 1.29 is 24.3 Å². The van der Waals surface area contributed by atoms with Crippen LogP contribution in [0.5, 0.6) is 5.75 Å². The van der Waals surface area contributed by atoms with Crippen molar-refractivity contribution in [1.29, 1.82) is 0 Å². The van der Waals surface area contributed by atoms with E-state index in [1.54, 1.807) is 24.1 Å². The van der Waals surface area contributed by atoms with Crippen LogP contribution in [-0.4, -0.2) is 71.9 Å². The molecule has 0 aliphatic carbocycles. The highest BCUT2D eigenvalue weighted by atomic mass is 16.6. The maximum atomic E-state index is 12.1. The molecule has 8 heteroatoms. The number of amides is 1. The van der Waals surface area contributed by atoms with E-state index in [1.807, 2.05) is 26.8 Å². The molecule has 1 heterocycles. The number of benzene rings is 1. The van der Waals surface area contributed by atoms with E-state index in [4.69, 9.17) is 9.47 Å². The van der Waals surface area contributed by atoms with Gasteiger partial charge in [-0.05, 0) is 43.9 Å². The summed E-state index contributed by atoms with van der Waals surface area (Å²) < 4.78 is 10.6. The molecule has 1 saturated heterocycles. The lowest BCUT2D eigenvalue weighted by Gasteiger charge is -2.35. The second-order valence-corrected chi connectivity index (χ2v) is 7.18. The summed E-state index contributed by atoms with van der Waals surface area (Å²) in [5.41, 5.74) is 0.775. The van der Waals surface area contributed by atoms with Gasteiger partial charge in [0.2, 0.25) is 0 Å². The van der Waals surface area contributed by atoms with Crippen molar-refractivity contribution in [2.75, 3.05) is 33.3 Å². The maximum Gasteiger partial charge on any atom is 0.488 e. The molecule has 1 aliphatic rings. The zero-order chi connectivity index (χ0) is 18.6. The molecule has 1 aromatic carbocycles. The van der Waals surface area contributed by atoms with Gasteiger partial charge in [0.15, 0.2) is 0 Å². The van der Waals surface area contributed by atoms with Gasteiger partial charge in [0.05, 0.1) is 7.11 Å². The van der Waals surface area contributed by atoms with E-state index >= 15 is 0 Å². The number of carbonyl (C=O) groups is 1. The molecule has 0 radical (unpaired) electrons. The summed E-state index contributed by atoms with van der Waals surface area (Å²) in [6, 6.07) is 5.18. The Morgan fingerprint density at radius 3 is 2.36 bits per heavy atom. The number of ether oxygens (including phenoxy) is 2. The Hall–Kier alpha value is -1.77. The summed E-state index contributed by atoms with van der Waals surface area (Å²) in [6.45, 7) is 8.66. The van der Waals surface area contributed by atoms with Crippen molar-refractivity contribution in [3.63, 3.8) is 0 Å². The molecule has 138 valence electrons. The van der Waals surface area contributed by atoms with E-state index in [-0.39, 0.29) is 6.09 Å². The van der Waals surface area contributed by atoms with Crippen LogP contribution in [0.3, 0.4) is 0 Å². The van der Waals surface area contributed by atoms with Gasteiger partial charge in [-0.25, -0.2) is 4.79 Å². The quantitative estimate of drug-likeness (QED) is 0.767. The molecular formula is C17H27BN2O5. The summed E-state index contributed by atoms with van der Waals surface area (Å²) in [6.07, 6.45) is -0.292. The predicted molar refractivity (Wildman–Crippen MR) is 95.9 cm³/mol. The first-order chi connectivity index (χ1) is 11.7.